The maximum atomic E-state index is 12.5. The normalized spacial score (nSPS) is 18.2. The van der Waals surface area contributed by atoms with E-state index >= 15 is 0 Å². The molecule has 6 nitrogen and oxygen atoms in total. The Morgan fingerprint density at radius 1 is 1.40 bits per heavy atom. The Morgan fingerprint density at radius 3 is 2.65 bits per heavy atom. The van der Waals surface area contributed by atoms with Crippen LogP contribution in [0.2, 0.25) is 0 Å². The molecule has 0 unspecified atom stereocenters. The van der Waals surface area contributed by atoms with Crippen LogP contribution in [0, 0.1) is 5.41 Å². The molecule has 0 bridgehead atoms. The van der Waals surface area contributed by atoms with Crippen molar-refractivity contribution in [2.45, 2.75) is 44.9 Å². The number of amides is 1. The average Bonchev–Trinajstić information content (AvgIpc) is 2.80. The van der Waals surface area contributed by atoms with Crippen molar-refractivity contribution >= 4 is 23.1 Å². The molecule has 20 heavy (non-hydrogen) atoms. The van der Waals surface area contributed by atoms with Gasteiger partial charge in [-0.3, -0.25) is 9.89 Å². The molecule has 7 heteroatoms. The Kier molecular flexibility index (Phi) is 5.05. The van der Waals surface area contributed by atoms with Crippen LogP contribution in [0.4, 0.5) is 0 Å². The minimum absolute atomic E-state index is 0.0357. The maximum absolute atomic E-state index is 12.5. The molecular formula is C13H21N5OS. The van der Waals surface area contributed by atoms with E-state index in [-0.39, 0.29) is 5.91 Å². The van der Waals surface area contributed by atoms with E-state index in [0.29, 0.717) is 18.0 Å². The summed E-state index contributed by atoms with van der Waals surface area (Å²) in [7, 11) is 0. The summed E-state index contributed by atoms with van der Waals surface area (Å²) in [5.74, 6) is 0.724. The number of rotatable bonds is 5. The summed E-state index contributed by atoms with van der Waals surface area (Å²) in [6, 6.07) is 0. The average molecular weight is 295 g/mol. The minimum Gasteiger partial charge on any atom is -0.392 e. The number of aromatic nitrogens is 3. The number of thiocarbonyl (C=S) groups is 1. The van der Waals surface area contributed by atoms with Crippen molar-refractivity contribution in [3.8, 4) is 0 Å². The molecule has 1 aromatic heterocycles. The van der Waals surface area contributed by atoms with Crippen molar-refractivity contribution < 1.29 is 4.79 Å². The molecule has 1 aliphatic carbocycles. The van der Waals surface area contributed by atoms with Crippen LogP contribution >= 0.6 is 12.2 Å². The number of nitrogens with one attached hydrogen (secondary N) is 2. The minimum atomic E-state index is -0.659. The van der Waals surface area contributed by atoms with Crippen molar-refractivity contribution in [3.05, 3.63) is 12.2 Å². The summed E-state index contributed by atoms with van der Waals surface area (Å²) in [5.41, 5.74) is 5.22. The second-order valence-electron chi connectivity index (χ2n) is 5.30. The van der Waals surface area contributed by atoms with E-state index in [1.165, 1.54) is 6.33 Å². The third kappa shape index (κ3) is 3.33. The number of carbonyl (C=O) groups is 1. The Morgan fingerprint density at radius 2 is 2.10 bits per heavy atom. The Bertz CT molecular complexity index is 451. The smallest absolute Gasteiger partial charge is 0.233 e. The Hall–Kier alpha value is -1.50. The lowest BCUT2D eigenvalue weighted by atomic mass is 9.79. The van der Waals surface area contributed by atoms with Crippen LogP contribution in [0.25, 0.3) is 0 Å². The van der Waals surface area contributed by atoms with Crippen molar-refractivity contribution in [3.63, 3.8) is 0 Å². The van der Waals surface area contributed by atoms with Gasteiger partial charge < -0.3 is 11.1 Å². The molecule has 1 heterocycles. The van der Waals surface area contributed by atoms with E-state index in [0.717, 1.165) is 44.3 Å². The zero-order valence-electron chi connectivity index (χ0n) is 11.5. The molecule has 0 atom stereocenters. The topological polar surface area (TPSA) is 96.7 Å². The summed E-state index contributed by atoms with van der Waals surface area (Å²) in [6.07, 6.45) is 7.91. The highest BCUT2D eigenvalue weighted by Crippen LogP contribution is 2.35. The van der Waals surface area contributed by atoms with Crippen LogP contribution in [0.15, 0.2) is 6.33 Å². The van der Waals surface area contributed by atoms with E-state index in [4.69, 9.17) is 18.0 Å². The first-order valence-electron chi connectivity index (χ1n) is 7.07. The quantitative estimate of drug-likeness (QED) is 0.558. The molecule has 0 radical (unpaired) electrons. The molecule has 1 aliphatic rings. The number of hydrogen-bond donors (Lipinski definition) is 3. The van der Waals surface area contributed by atoms with Gasteiger partial charge in [-0.05, 0) is 12.8 Å². The van der Waals surface area contributed by atoms with Gasteiger partial charge in [0.2, 0.25) is 5.91 Å². The molecular weight excluding hydrogens is 274 g/mol. The standard InChI is InChI=1S/C13H21N5OS/c14-11(20)13(6-3-1-2-4-7-13)12(19)15-8-5-10-16-9-17-18-10/h9H,1-8H2,(H2,14,20)(H,15,19)(H,16,17,18). The third-order valence-corrected chi connectivity index (χ3v) is 4.37. The van der Waals surface area contributed by atoms with Gasteiger partial charge in [0.1, 0.15) is 12.2 Å². The first kappa shape index (κ1) is 14.9. The van der Waals surface area contributed by atoms with Crippen LogP contribution in [0.5, 0.6) is 0 Å². The van der Waals surface area contributed by atoms with Crippen molar-refractivity contribution in [1.82, 2.24) is 20.5 Å². The molecule has 2 rings (SSSR count). The molecule has 4 N–H and O–H groups in total. The lowest BCUT2D eigenvalue weighted by molar-refractivity contribution is -0.128. The van der Waals surface area contributed by atoms with Crippen molar-refractivity contribution in [2.24, 2.45) is 11.1 Å². The van der Waals surface area contributed by atoms with Crippen molar-refractivity contribution in [1.29, 1.82) is 0 Å². The molecule has 0 saturated heterocycles. The summed E-state index contributed by atoms with van der Waals surface area (Å²) in [4.78, 5) is 16.9. The van der Waals surface area contributed by atoms with Crippen LogP contribution < -0.4 is 11.1 Å². The van der Waals surface area contributed by atoms with Gasteiger partial charge >= 0.3 is 0 Å². The number of H-pyrrole nitrogens is 1. The Balaban J connectivity index is 1.94. The van der Waals surface area contributed by atoms with Crippen LogP contribution in [-0.4, -0.2) is 32.6 Å². The lowest BCUT2D eigenvalue weighted by Crippen LogP contribution is -2.49. The fourth-order valence-electron chi connectivity index (χ4n) is 2.73. The Labute approximate surface area is 123 Å². The number of nitrogens with zero attached hydrogens (tertiary/aromatic N) is 2. The van der Waals surface area contributed by atoms with Gasteiger partial charge in [0.05, 0.1) is 10.4 Å². The molecule has 1 fully saturated rings. The van der Waals surface area contributed by atoms with Gasteiger partial charge in [-0.2, -0.15) is 5.10 Å². The highest BCUT2D eigenvalue weighted by Gasteiger charge is 2.41. The SMILES string of the molecule is NC(=S)C1(C(=O)NCCc2ncn[nH]2)CCCCCC1. The van der Waals surface area contributed by atoms with Gasteiger partial charge in [0.15, 0.2) is 0 Å². The van der Waals surface area contributed by atoms with Crippen LogP contribution in [0.3, 0.4) is 0 Å². The van der Waals surface area contributed by atoms with E-state index < -0.39 is 5.41 Å². The largest absolute Gasteiger partial charge is 0.392 e. The summed E-state index contributed by atoms with van der Waals surface area (Å²) >= 11 is 5.18. The molecule has 0 spiro atoms. The lowest BCUT2D eigenvalue weighted by Gasteiger charge is -2.30. The van der Waals surface area contributed by atoms with Crippen LogP contribution in [-0.2, 0) is 11.2 Å². The first-order chi connectivity index (χ1) is 9.65. The molecule has 1 saturated carbocycles. The van der Waals surface area contributed by atoms with Crippen LogP contribution in [0.1, 0.15) is 44.3 Å². The van der Waals surface area contributed by atoms with E-state index in [1.807, 2.05) is 0 Å². The molecule has 1 amide bonds. The van der Waals surface area contributed by atoms with E-state index in [1.54, 1.807) is 0 Å². The fraction of sp³-hybridized carbons (Fsp3) is 0.692. The summed E-state index contributed by atoms with van der Waals surface area (Å²) in [5, 5.41) is 9.49. The van der Waals surface area contributed by atoms with Gasteiger partial charge in [-0.25, -0.2) is 4.98 Å². The predicted octanol–water partition coefficient (Wildman–Crippen LogP) is 1.09. The van der Waals surface area contributed by atoms with Gasteiger partial charge in [-0.15, -0.1) is 0 Å². The predicted molar refractivity (Wildman–Crippen MR) is 80.0 cm³/mol. The van der Waals surface area contributed by atoms with Gasteiger partial charge in [0.25, 0.3) is 0 Å². The summed E-state index contributed by atoms with van der Waals surface area (Å²) < 4.78 is 0. The fourth-order valence-corrected chi connectivity index (χ4v) is 3.03. The highest BCUT2D eigenvalue weighted by atomic mass is 32.1. The highest BCUT2D eigenvalue weighted by molar-refractivity contribution is 7.80. The molecule has 0 aromatic carbocycles. The number of aromatic amines is 1. The zero-order valence-corrected chi connectivity index (χ0v) is 12.3. The third-order valence-electron chi connectivity index (χ3n) is 3.98. The zero-order chi connectivity index (χ0) is 14.4. The first-order valence-corrected chi connectivity index (χ1v) is 7.48. The monoisotopic (exact) mass is 295 g/mol. The van der Waals surface area contributed by atoms with E-state index in [9.17, 15) is 4.79 Å². The van der Waals surface area contributed by atoms with Gasteiger partial charge in [-0.1, -0.05) is 37.9 Å². The number of carbonyl (C=O) groups excluding carboxylic acids is 1. The number of hydrogen-bond acceptors (Lipinski definition) is 4. The van der Waals surface area contributed by atoms with E-state index in [2.05, 4.69) is 20.5 Å². The maximum Gasteiger partial charge on any atom is 0.233 e. The second kappa shape index (κ2) is 6.78. The summed E-state index contributed by atoms with van der Waals surface area (Å²) in [6.45, 7) is 0.512. The van der Waals surface area contributed by atoms with Gasteiger partial charge in [0, 0.05) is 13.0 Å². The van der Waals surface area contributed by atoms with Crippen molar-refractivity contribution in [2.75, 3.05) is 6.54 Å². The second-order valence-corrected chi connectivity index (χ2v) is 5.74. The number of nitrogens with two attached hydrogens (primary N) is 1. The molecule has 110 valence electrons. The molecule has 1 aromatic rings. The molecule has 0 aliphatic heterocycles.